The van der Waals surface area contributed by atoms with Gasteiger partial charge in [-0.15, -0.1) is 0 Å². The quantitative estimate of drug-likeness (QED) is 0.312. The van der Waals surface area contributed by atoms with Gasteiger partial charge in [-0.05, 0) is 37.0 Å². The molecule has 0 saturated carbocycles. The molecule has 0 spiro atoms. The molecule has 2 aromatic rings. The summed E-state index contributed by atoms with van der Waals surface area (Å²) in [6.07, 6.45) is 2.02. The van der Waals surface area contributed by atoms with E-state index < -0.39 is 28.9 Å². The molecule has 2 atom stereocenters. The second kappa shape index (κ2) is 15.6. The van der Waals surface area contributed by atoms with Crippen LogP contribution < -0.4 is 10.6 Å². The fourth-order valence-electron chi connectivity index (χ4n) is 3.12. The second-order valence-corrected chi connectivity index (χ2v) is 9.16. The number of hydrogen-bond donors (Lipinski definition) is 2. The minimum atomic E-state index is -1.27. The molecule has 2 N–H and O–H groups in total. The van der Waals surface area contributed by atoms with Gasteiger partial charge in [0.2, 0.25) is 5.91 Å². The summed E-state index contributed by atoms with van der Waals surface area (Å²) < 4.78 is 22.3. The SMILES string of the molecule is COC(=O)[C@@H](CC[S@@](=O)c1ccccc1)NC(=O)CCCCCNC(=O)OCc1ccccc1. The number of carbonyl (C=O) groups is 3. The highest BCUT2D eigenvalue weighted by Gasteiger charge is 2.22. The zero-order valence-electron chi connectivity index (χ0n) is 19.4. The van der Waals surface area contributed by atoms with Gasteiger partial charge in [0.25, 0.3) is 0 Å². The van der Waals surface area contributed by atoms with Crippen LogP contribution in [0.15, 0.2) is 65.6 Å². The fourth-order valence-corrected chi connectivity index (χ4v) is 4.27. The molecule has 0 aliphatic rings. The topological polar surface area (TPSA) is 111 Å². The Kier molecular flexibility index (Phi) is 12.4. The molecule has 9 heteroatoms. The molecule has 8 nitrogen and oxygen atoms in total. The molecule has 0 heterocycles. The molecule has 0 fully saturated rings. The van der Waals surface area contributed by atoms with Crippen LogP contribution in [-0.4, -0.2) is 47.6 Å². The molecule has 2 aromatic carbocycles. The summed E-state index contributed by atoms with van der Waals surface area (Å²) in [5.41, 5.74) is 0.917. The lowest BCUT2D eigenvalue weighted by Gasteiger charge is -2.16. The molecule has 0 unspecified atom stereocenters. The predicted molar refractivity (Wildman–Crippen MR) is 129 cm³/mol. The maximum Gasteiger partial charge on any atom is 0.407 e. The van der Waals surface area contributed by atoms with Crippen molar-refractivity contribution in [2.45, 2.75) is 49.6 Å². The van der Waals surface area contributed by atoms with Gasteiger partial charge in [0, 0.05) is 23.6 Å². The molecule has 0 aliphatic carbocycles. The molecular formula is C25H32N2O6S. The number of esters is 1. The van der Waals surface area contributed by atoms with Crippen LogP contribution in [0, 0.1) is 0 Å². The van der Waals surface area contributed by atoms with Crippen molar-refractivity contribution in [2.24, 2.45) is 0 Å². The van der Waals surface area contributed by atoms with Crippen LogP contribution in [0.4, 0.5) is 4.79 Å². The Morgan fingerprint density at radius 3 is 2.29 bits per heavy atom. The summed E-state index contributed by atoms with van der Waals surface area (Å²) in [6.45, 7) is 0.665. The van der Waals surface area contributed by atoms with Crippen LogP contribution in [-0.2, 0) is 36.5 Å². The monoisotopic (exact) mass is 488 g/mol. The highest BCUT2D eigenvalue weighted by molar-refractivity contribution is 7.85. The van der Waals surface area contributed by atoms with Crippen molar-refractivity contribution in [3.63, 3.8) is 0 Å². The minimum Gasteiger partial charge on any atom is -0.467 e. The first-order valence-electron chi connectivity index (χ1n) is 11.2. The zero-order valence-corrected chi connectivity index (χ0v) is 20.2. The van der Waals surface area contributed by atoms with Crippen molar-refractivity contribution >= 4 is 28.8 Å². The first-order valence-corrected chi connectivity index (χ1v) is 12.6. The number of methoxy groups -OCH3 is 1. The van der Waals surface area contributed by atoms with Gasteiger partial charge in [-0.2, -0.15) is 0 Å². The predicted octanol–water partition coefficient (Wildman–Crippen LogP) is 3.33. The summed E-state index contributed by atoms with van der Waals surface area (Å²) in [7, 11) is -0.00952. The summed E-state index contributed by atoms with van der Waals surface area (Å²) in [4.78, 5) is 36.7. The van der Waals surface area contributed by atoms with Crippen molar-refractivity contribution < 1.29 is 28.1 Å². The van der Waals surface area contributed by atoms with Gasteiger partial charge in [-0.25, -0.2) is 9.59 Å². The number of amides is 2. The largest absolute Gasteiger partial charge is 0.467 e. The number of benzene rings is 2. The lowest BCUT2D eigenvalue weighted by Crippen LogP contribution is -2.42. The summed E-state index contributed by atoms with van der Waals surface area (Å²) >= 11 is 0. The van der Waals surface area contributed by atoms with Crippen molar-refractivity contribution in [3.8, 4) is 0 Å². The van der Waals surface area contributed by atoms with Gasteiger partial charge >= 0.3 is 12.1 Å². The molecule has 2 rings (SSSR count). The van der Waals surface area contributed by atoms with Gasteiger partial charge < -0.3 is 20.1 Å². The van der Waals surface area contributed by atoms with E-state index in [0.29, 0.717) is 24.3 Å². The Balaban J connectivity index is 1.60. The fraction of sp³-hybridized carbons (Fsp3) is 0.400. The first kappa shape index (κ1) is 27.0. The lowest BCUT2D eigenvalue weighted by molar-refractivity contribution is -0.145. The summed E-state index contributed by atoms with van der Waals surface area (Å²) in [5.74, 6) is -0.594. The maximum atomic E-state index is 12.4. The Hall–Kier alpha value is -3.20. The molecule has 2 amide bonds. The van der Waals surface area contributed by atoms with Gasteiger partial charge in [-0.3, -0.25) is 9.00 Å². The molecule has 184 valence electrons. The normalized spacial score (nSPS) is 12.3. The highest BCUT2D eigenvalue weighted by Crippen LogP contribution is 2.09. The van der Waals surface area contributed by atoms with E-state index in [2.05, 4.69) is 10.6 Å². The smallest absolute Gasteiger partial charge is 0.407 e. The van der Waals surface area contributed by atoms with Gasteiger partial charge in [0.1, 0.15) is 12.6 Å². The molecule has 0 saturated heterocycles. The van der Waals surface area contributed by atoms with Crippen LogP contribution in [0.1, 0.15) is 37.7 Å². The van der Waals surface area contributed by atoms with Crippen LogP contribution >= 0.6 is 0 Å². The third-order valence-corrected chi connectivity index (χ3v) is 6.39. The third kappa shape index (κ3) is 10.6. The Morgan fingerprint density at radius 2 is 1.62 bits per heavy atom. The second-order valence-electron chi connectivity index (χ2n) is 7.59. The minimum absolute atomic E-state index is 0.215. The molecule has 0 bridgehead atoms. The van der Waals surface area contributed by atoms with E-state index in [9.17, 15) is 18.6 Å². The van der Waals surface area contributed by atoms with Crippen LogP contribution in [0.2, 0.25) is 0 Å². The third-order valence-electron chi connectivity index (χ3n) is 4.98. The Labute approximate surface area is 202 Å². The van der Waals surface area contributed by atoms with E-state index in [0.717, 1.165) is 12.0 Å². The van der Waals surface area contributed by atoms with E-state index in [1.54, 1.807) is 24.3 Å². The van der Waals surface area contributed by atoms with Crippen LogP contribution in [0.5, 0.6) is 0 Å². The average Bonchev–Trinajstić information content (AvgIpc) is 2.87. The van der Waals surface area contributed by atoms with Crippen molar-refractivity contribution in [1.82, 2.24) is 10.6 Å². The molecule has 0 radical (unpaired) electrons. The maximum absolute atomic E-state index is 12.4. The van der Waals surface area contributed by atoms with Crippen LogP contribution in [0.3, 0.4) is 0 Å². The number of nitrogens with one attached hydrogen (secondary N) is 2. The number of ether oxygens (including phenoxy) is 2. The number of rotatable bonds is 14. The molecule has 0 aromatic heterocycles. The van der Waals surface area contributed by atoms with E-state index in [1.165, 1.54) is 7.11 Å². The number of alkyl carbamates (subject to hydrolysis) is 1. The number of carbonyl (C=O) groups excluding carboxylic acids is 3. The standard InChI is InChI=1S/C25H32N2O6S/c1-32-24(29)22(16-18-34(31)21-13-7-3-8-14-21)27-23(28)15-9-4-10-17-26-25(30)33-19-20-11-5-2-6-12-20/h2-3,5-8,11-14,22H,4,9-10,15-19H2,1H3,(H,26,30)(H,27,28)/t22-,34-/m1/s1. The summed E-state index contributed by atoms with van der Waals surface area (Å²) in [6, 6.07) is 17.5. The Bertz CT molecular complexity index is 924. The molecule has 34 heavy (non-hydrogen) atoms. The molecule has 0 aliphatic heterocycles. The van der Waals surface area contributed by atoms with Crippen LogP contribution in [0.25, 0.3) is 0 Å². The number of unbranched alkanes of at least 4 members (excludes halogenated alkanes) is 2. The van der Waals surface area contributed by atoms with Gasteiger partial charge in [0.05, 0.1) is 17.9 Å². The molecular weight excluding hydrogens is 456 g/mol. The average molecular weight is 489 g/mol. The van der Waals surface area contributed by atoms with Gasteiger partial charge in [-0.1, -0.05) is 55.0 Å². The zero-order chi connectivity index (χ0) is 24.6. The van der Waals surface area contributed by atoms with E-state index >= 15 is 0 Å². The lowest BCUT2D eigenvalue weighted by atomic mass is 10.1. The summed E-state index contributed by atoms with van der Waals surface area (Å²) in [5, 5.41) is 5.36. The van der Waals surface area contributed by atoms with Gasteiger partial charge in [0.15, 0.2) is 0 Å². The highest BCUT2D eigenvalue weighted by atomic mass is 32.2. The van der Waals surface area contributed by atoms with E-state index in [4.69, 9.17) is 9.47 Å². The van der Waals surface area contributed by atoms with E-state index in [1.807, 2.05) is 36.4 Å². The first-order chi connectivity index (χ1) is 16.5. The van der Waals surface area contributed by atoms with Crippen molar-refractivity contribution in [1.29, 1.82) is 0 Å². The Morgan fingerprint density at radius 1 is 0.941 bits per heavy atom. The van der Waals surface area contributed by atoms with Crippen molar-refractivity contribution in [3.05, 3.63) is 66.2 Å². The van der Waals surface area contributed by atoms with E-state index in [-0.39, 0.29) is 31.1 Å². The number of hydrogen-bond acceptors (Lipinski definition) is 6. The van der Waals surface area contributed by atoms with Crippen molar-refractivity contribution in [2.75, 3.05) is 19.4 Å².